The van der Waals surface area contributed by atoms with Gasteiger partial charge in [0.05, 0.1) is 0 Å². The summed E-state index contributed by atoms with van der Waals surface area (Å²) in [5.41, 5.74) is 2.20. The quantitative estimate of drug-likeness (QED) is 0.879. The molecule has 0 bridgehead atoms. The second-order valence-corrected chi connectivity index (χ2v) is 5.36. The molecule has 3 heteroatoms. The van der Waals surface area contributed by atoms with Crippen molar-refractivity contribution in [2.45, 2.75) is 25.8 Å². The third kappa shape index (κ3) is 4.39. The molecule has 0 aromatic heterocycles. The SMILES string of the molecule is C[C@@H](CC(=O)NCc1ccccc1)c1cccc(Cl)c1. The molecule has 20 heavy (non-hydrogen) atoms. The van der Waals surface area contributed by atoms with Gasteiger partial charge in [-0.3, -0.25) is 4.79 Å². The Kier molecular flexibility index (Phi) is 5.19. The first-order chi connectivity index (χ1) is 9.65. The van der Waals surface area contributed by atoms with Crippen LogP contribution in [0.25, 0.3) is 0 Å². The molecule has 0 aliphatic heterocycles. The van der Waals surface area contributed by atoms with Crippen LogP contribution in [-0.2, 0) is 11.3 Å². The second-order valence-electron chi connectivity index (χ2n) is 4.92. The number of hydrogen-bond acceptors (Lipinski definition) is 1. The molecule has 2 rings (SSSR count). The summed E-state index contributed by atoms with van der Waals surface area (Å²) in [6.07, 6.45) is 0.465. The summed E-state index contributed by atoms with van der Waals surface area (Å²) in [5, 5.41) is 3.65. The van der Waals surface area contributed by atoms with Gasteiger partial charge in [0.2, 0.25) is 5.91 Å². The van der Waals surface area contributed by atoms with Crippen molar-refractivity contribution < 1.29 is 4.79 Å². The van der Waals surface area contributed by atoms with Crippen LogP contribution in [0.2, 0.25) is 5.02 Å². The topological polar surface area (TPSA) is 29.1 Å². The van der Waals surface area contributed by atoms with Crippen LogP contribution >= 0.6 is 11.6 Å². The molecular weight excluding hydrogens is 270 g/mol. The van der Waals surface area contributed by atoms with E-state index in [4.69, 9.17) is 11.6 Å². The second kappa shape index (κ2) is 7.11. The first kappa shape index (κ1) is 14.6. The molecule has 2 aromatic rings. The molecule has 1 atom stereocenters. The fourth-order valence-electron chi connectivity index (χ4n) is 2.08. The van der Waals surface area contributed by atoms with Crippen molar-refractivity contribution in [2.24, 2.45) is 0 Å². The zero-order chi connectivity index (χ0) is 14.4. The van der Waals surface area contributed by atoms with Gasteiger partial charge in [-0.1, -0.05) is 61.0 Å². The van der Waals surface area contributed by atoms with Crippen molar-refractivity contribution in [1.29, 1.82) is 0 Å². The highest BCUT2D eigenvalue weighted by Gasteiger charge is 2.11. The summed E-state index contributed by atoms with van der Waals surface area (Å²) in [6.45, 7) is 2.61. The lowest BCUT2D eigenvalue weighted by molar-refractivity contribution is -0.121. The van der Waals surface area contributed by atoms with Gasteiger partial charge < -0.3 is 5.32 Å². The first-order valence-electron chi connectivity index (χ1n) is 6.71. The standard InChI is InChI=1S/C17H18ClNO/c1-13(15-8-5-9-16(18)11-15)10-17(20)19-12-14-6-3-2-4-7-14/h2-9,11,13H,10,12H2,1H3,(H,19,20)/t13-/m0/s1. The minimum Gasteiger partial charge on any atom is -0.352 e. The fraction of sp³-hybridized carbons (Fsp3) is 0.235. The maximum absolute atomic E-state index is 11.9. The molecule has 0 saturated heterocycles. The summed E-state index contributed by atoms with van der Waals surface area (Å²) < 4.78 is 0. The third-order valence-electron chi connectivity index (χ3n) is 3.24. The molecule has 0 heterocycles. The van der Waals surface area contributed by atoms with Crippen molar-refractivity contribution in [1.82, 2.24) is 5.32 Å². The van der Waals surface area contributed by atoms with Crippen LogP contribution in [0.3, 0.4) is 0 Å². The third-order valence-corrected chi connectivity index (χ3v) is 3.48. The minimum absolute atomic E-state index is 0.0568. The van der Waals surface area contributed by atoms with Crippen LogP contribution in [0, 0.1) is 0 Å². The van der Waals surface area contributed by atoms with Crippen LogP contribution in [0.4, 0.5) is 0 Å². The van der Waals surface area contributed by atoms with Gasteiger partial charge in [-0.15, -0.1) is 0 Å². The lowest BCUT2D eigenvalue weighted by Crippen LogP contribution is -2.24. The zero-order valence-electron chi connectivity index (χ0n) is 11.5. The van der Waals surface area contributed by atoms with Gasteiger partial charge in [0.15, 0.2) is 0 Å². The smallest absolute Gasteiger partial charge is 0.220 e. The predicted octanol–water partition coefficient (Wildman–Crippen LogP) is 4.15. The average Bonchev–Trinajstić information content (AvgIpc) is 2.46. The Morgan fingerprint density at radius 1 is 1.15 bits per heavy atom. The lowest BCUT2D eigenvalue weighted by Gasteiger charge is -2.12. The van der Waals surface area contributed by atoms with E-state index in [2.05, 4.69) is 5.32 Å². The number of carbonyl (C=O) groups excluding carboxylic acids is 1. The van der Waals surface area contributed by atoms with Crippen molar-refractivity contribution in [3.05, 3.63) is 70.7 Å². The molecule has 0 aliphatic rings. The van der Waals surface area contributed by atoms with Gasteiger partial charge in [0.1, 0.15) is 0 Å². The molecule has 2 aromatic carbocycles. The van der Waals surface area contributed by atoms with Crippen LogP contribution < -0.4 is 5.32 Å². The molecule has 104 valence electrons. The van der Waals surface area contributed by atoms with Crippen LogP contribution in [0.1, 0.15) is 30.4 Å². The van der Waals surface area contributed by atoms with Crippen LogP contribution in [0.15, 0.2) is 54.6 Å². The minimum atomic E-state index is 0.0568. The Labute approximate surface area is 124 Å². The highest BCUT2D eigenvalue weighted by molar-refractivity contribution is 6.30. The molecule has 1 N–H and O–H groups in total. The molecule has 0 radical (unpaired) electrons. The Morgan fingerprint density at radius 2 is 1.90 bits per heavy atom. The number of rotatable bonds is 5. The van der Waals surface area contributed by atoms with Crippen LogP contribution in [0.5, 0.6) is 0 Å². The zero-order valence-corrected chi connectivity index (χ0v) is 12.2. The van der Waals surface area contributed by atoms with Gasteiger partial charge in [-0.2, -0.15) is 0 Å². The first-order valence-corrected chi connectivity index (χ1v) is 7.09. The average molecular weight is 288 g/mol. The normalized spacial score (nSPS) is 11.9. The van der Waals surface area contributed by atoms with E-state index in [0.717, 1.165) is 11.1 Å². The summed E-state index contributed by atoms with van der Waals surface area (Å²) in [7, 11) is 0. The molecule has 2 nitrogen and oxygen atoms in total. The molecule has 0 spiro atoms. The van der Waals surface area contributed by atoms with Crippen molar-refractivity contribution in [3.63, 3.8) is 0 Å². The maximum atomic E-state index is 11.9. The summed E-state index contributed by atoms with van der Waals surface area (Å²) in [5.74, 6) is 0.214. The highest BCUT2D eigenvalue weighted by atomic mass is 35.5. The largest absolute Gasteiger partial charge is 0.352 e. The number of amides is 1. The highest BCUT2D eigenvalue weighted by Crippen LogP contribution is 2.21. The lowest BCUT2D eigenvalue weighted by atomic mass is 9.97. The van der Waals surface area contributed by atoms with Gasteiger partial charge in [0.25, 0.3) is 0 Å². The molecule has 1 amide bonds. The molecular formula is C17H18ClNO. The summed E-state index contributed by atoms with van der Waals surface area (Å²) in [6, 6.07) is 17.6. The summed E-state index contributed by atoms with van der Waals surface area (Å²) in [4.78, 5) is 11.9. The molecule has 0 unspecified atom stereocenters. The van der Waals surface area contributed by atoms with E-state index < -0.39 is 0 Å². The molecule has 0 aliphatic carbocycles. The van der Waals surface area contributed by atoms with E-state index in [1.165, 1.54) is 0 Å². The number of hydrogen-bond donors (Lipinski definition) is 1. The van der Waals surface area contributed by atoms with E-state index in [-0.39, 0.29) is 11.8 Å². The Hall–Kier alpha value is -1.80. The van der Waals surface area contributed by atoms with Crippen molar-refractivity contribution in [3.8, 4) is 0 Å². The van der Waals surface area contributed by atoms with E-state index in [0.29, 0.717) is 18.0 Å². The maximum Gasteiger partial charge on any atom is 0.220 e. The van der Waals surface area contributed by atoms with E-state index in [9.17, 15) is 4.79 Å². The van der Waals surface area contributed by atoms with Gasteiger partial charge in [-0.05, 0) is 29.2 Å². The van der Waals surface area contributed by atoms with E-state index in [1.54, 1.807) is 0 Å². The number of nitrogens with one attached hydrogen (secondary N) is 1. The van der Waals surface area contributed by atoms with Crippen molar-refractivity contribution >= 4 is 17.5 Å². The van der Waals surface area contributed by atoms with Gasteiger partial charge in [-0.25, -0.2) is 0 Å². The summed E-state index contributed by atoms with van der Waals surface area (Å²) >= 11 is 5.97. The van der Waals surface area contributed by atoms with Gasteiger partial charge in [0, 0.05) is 18.0 Å². The Morgan fingerprint density at radius 3 is 2.60 bits per heavy atom. The predicted molar refractivity (Wildman–Crippen MR) is 82.8 cm³/mol. The van der Waals surface area contributed by atoms with E-state index >= 15 is 0 Å². The number of carbonyl (C=O) groups is 1. The number of benzene rings is 2. The van der Waals surface area contributed by atoms with E-state index in [1.807, 2.05) is 61.5 Å². The fourth-order valence-corrected chi connectivity index (χ4v) is 2.28. The molecule has 0 saturated carbocycles. The monoisotopic (exact) mass is 287 g/mol. The van der Waals surface area contributed by atoms with Crippen LogP contribution in [-0.4, -0.2) is 5.91 Å². The van der Waals surface area contributed by atoms with Gasteiger partial charge >= 0.3 is 0 Å². The number of halogens is 1. The Bertz CT molecular complexity index is 568. The Balaban J connectivity index is 1.85. The molecule has 0 fully saturated rings. The van der Waals surface area contributed by atoms with Crippen molar-refractivity contribution in [2.75, 3.05) is 0 Å².